The second-order valence-corrected chi connectivity index (χ2v) is 6.54. The van der Waals surface area contributed by atoms with Gasteiger partial charge < -0.3 is 20.7 Å². The number of rotatable bonds is 5. The number of hydrogen-bond acceptors (Lipinski definition) is 3. The molecular formula is C22H21N3O2S. The molecule has 1 amide bonds. The van der Waals surface area contributed by atoms with E-state index in [0.717, 1.165) is 11.3 Å². The molecule has 5 nitrogen and oxygen atoms in total. The number of thiocarbonyl (C=S) groups is 1. The van der Waals surface area contributed by atoms with Gasteiger partial charge in [0.15, 0.2) is 5.11 Å². The molecule has 0 heterocycles. The number of para-hydroxylation sites is 1. The number of carbonyl (C=O) groups is 1. The van der Waals surface area contributed by atoms with E-state index in [4.69, 9.17) is 17.0 Å². The third-order valence-corrected chi connectivity index (χ3v) is 4.31. The number of benzene rings is 3. The first-order valence-electron chi connectivity index (χ1n) is 8.75. The van der Waals surface area contributed by atoms with E-state index in [1.165, 1.54) is 0 Å². The monoisotopic (exact) mass is 391 g/mol. The Kier molecular flexibility index (Phi) is 6.24. The lowest BCUT2D eigenvalue weighted by atomic mass is 10.1. The summed E-state index contributed by atoms with van der Waals surface area (Å²) in [5.41, 5.74) is 3.76. The lowest BCUT2D eigenvalue weighted by molar-refractivity contribution is 0.102. The summed E-state index contributed by atoms with van der Waals surface area (Å²) in [6, 6.07) is 22.4. The van der Waals surface area contributed by atoms with Gasteiger partial charge in [-0.2, -0.15) is 0 Å². The lowest BCUT2D eigenvalue weighted by Crippen LogP contribution is -2.20. The minimum absolute atomic E-state index is 0.173. The number of methoxy groups -OCH3 is 1. The second-order valence-electron chi connectivity index (χ2n) is 6.13. The highest BCUT2D eigenvalue weighted by Crippen LogP contribution is 2.31. The Morgan fingerprint density at radius 1 is 0.857 bits per heavy atom. The van der Waals surface area contributed by atoms with Crippen LogP contribution in [0.5, 0.6) is 5.75 Å². The van der Waals surface area contributed by atoms with Gasteiger partial charge in [0, 0.05) is 23.0 Å². The molecule has 0 aliphatic rings. The first-order chi connectivity index (χ1) is 13.6. The highest BCUT2D eigenvalue weighted by Gasteiger charge is 2.13. The molecule has 3 N–H and O–H groups in total. The third-order valence-electron chi connectivity index (χ3n) is 4.11. The summed E-state index contributed by atoms with van der Waals surface area (Å²) >= 11 is 5.39. The lowest BCUT2D eigenvalue weighted by Gasteiger charge is -2.17. The number of hydrogen-bond donors (Lipinski definition) is 3. The second kappa shape index (κ2) is 9.01. The van der Waals surface area contributed by atoms with Gasteiger partial charge in [-0.25, -0.2) is 0 Å². The molecule has 0 saturated heterocycles. The van der Waals surface area contributed by atoms with Gasteiger partial charge in [0.05, 0.1) is 12.8 Å². The van der Waals surface area contributed by atoms with Crippen LogP contribution in [0.3, 0.4) is 0 Å². The van der Waals surface area contributed by atoms with Crippen molar-refractivity contribution in [1.29, 1.82) is 0 Å². The van der Waals surface area contributed by atoms with Crippen LogP contribution in [0.4, 0.5) is 17.1 Å². The summed E-state index contributed by atoms with van der Waals surface area (Å²) in [6.07, 6.45) is 0. The predicted octanol–water partition coefficient (Wildman–Crippen LogP) is 5.06. The number of ether oxygens (including phenoxy) is 1. The molecular weight excluding hydrogens is 370 g/mol. The van der Waals surface area contributed by atoms with Gasteiger partial charge in [-0.1, -0.05) is 36.4 Å². The highest BCUT2D eigenvalue weighted by molar-refractivity contribution is 7.80. The normalized spacial score (nSPS) is 10.1. The molecule has 28 heavy (non-hydrogen) atoms. The summed E-state index contributed by atoms with van der Waals surface area (Å²) in [6.45, 7) is 1.92. The van der Waals surface area contributed by atoms with Crippen LogP contribution >= 0.6 is 12.2 Å². The van der Waals surface area contributed by atoms with E-state index < -0.39 is 0 Å². The van der Waals surface area contributed by atoms with Gasteiger partial charge in [0.1, 0.15) is 5.75 Å². The van der Waals surface area contributed by atoms with Gasteiger partial charge >= 0.3 is 0 Å². The predicted molar refractivity (Wildman–Crippen MR) is 118 cm³/mol. The van der Waals surface area contributed by atoms with Gasteiger partial charge in [0.25, 0.3) is 5.91 Å². The molecule has 142 valence electrons. The van der Waals surface area contributed by atoms with Gasteiger partial charge in [-0.05, 0) is 55.0 Å². The fourth-order valence-corrected chi connectivity index (χ4v) is 2.91. The van der Waals surface area contributed by atoms with Crippen molar-refractivity contribution in [2.24, 2.45) is 0 Å². The standard InChI is InChI=1S/C22H21N3O2S/c1-15-13-19(25-22(28)23-17-11-7-4-8-12-17)20(27-2)14-18(15)24-21(26)16-9-5-3-6-10-16/h3-14H,1-2H3,(H,24,26)(H2,23,25,28). The van der Waals surface area contributed by atoms with Crippen LogP contribution in [-0.4, -0.2) is 18.1 Å². The number of amides is 1. The molecule has 3 rings (SSSR count). The molecule has 0 spiro atoms. The maximum absolute atomic E-state index is 12.4. The van der Waals surface area contributed by atoms with Crippen LogP contribution in [0.2, 0.25) is 0 Å². The zero-order valence-corrected chi connectivity index (χ0v) is 16.5. The van der Waals surface area contributed by atoms with Crippen molar-refractivity contribution in [2.45, 2.75) is 6.92 Å². The minimum atomic E-state index is -0.173. The van der Waals surface area contributed by atoms with E-state index in [2.05, 4.69) is 16.0 Å². The van der Waals surface area contributed by atoms with E-state index in [1.54, 1.807) is 25.3 Å². The zero-order chi connectivity index (χ0) is 19.9. The molecule has 0 bridgehead atoms. The molecule has 0 saturated carbocycles. The Bertz CT molecular complexity index is 976. The average molecular weight is 391 g/mol. The first kappa shape index (κ1) is 19.4. The quantitative estimate of drug-likeness (QED) is 0.530. The summed E-state index contributed by atoms with van der Waals surface area (Å²) in [5, 5.41) is 9.65. The molecule has 3 aromatic carbocycles. The molecule has 0 aliphatic heterocycles. The molecule has 0 unspecified atom stereocenters. The highest BCUT2D eigenvalue weighted by atomic mass is 32.1. The number of carbonyl (C=O) groups excluding carboxylic acids is 1. The number of nitrogens with one attached hydrogen (secondary N) is 3. The van der Waals surface area contributed by atoms with Crippen molar-refractivity contribution in [3.63, 3.8) is 0 Å². The van der Waals surface area contributed by atoms with Crippen molar-refractivity contribution in [2.75, 3.05) is 23.1 Å². The smallest absolute Gasteiger partial charge is 0.255 e. The summed E-state index contributed by atoms with van der Waals surface area (Å²) in [7, 11) is 1.58. The first-order valence-corrected chi connectivity index (χ1v) is 9.15. The molecule has 0 atom stereocenters. The van der Waals surface area contributed by atoms with Crippen molar-refractivity contribution in [3.05, 3.63) is 83.9 Å². The minimum Gasteiger partial charge on any atom is -0.494 e. The maximum Gasteiger partial charge on any atom is 0.255 e. The van der Waals surface area contributed by atoms with Crippen LogP contribution in [-0.2, 0) is 0 Å². The van der Waals surface area contributed by atoms with Crippen molar-refractivity contribution < 1.29 is 9.53 Å². The van der Waals surface area contributed by atoms with Crippen LogP contribution in [0, 0.1) is 6.92 Å². The van der Waals surface area contributed by atoms with E-state index in [1.807, 2.05) is 61.5 Å². The molecule has 0 radical (unpaired) electrons. The zero-order valence-electron chi connectivity index (χ0n) is 15.7. The molecule has 0 aromatic heterocycles. The molecule has 0 fully saturated rings. The van der Waals surface area contributed by atoms with Crippen molar-refractivity contribution >= 4 is 40.3 Å². The Balaban J connectivity index is 1.75. The average Bonchev–Trinajstić information content (AvgIpc) is 2.71. The van der Waals surface area contributed by atoms with E-state index in [9.17, 15) is 4.79 Å². The fourth-order valence-electron chi connectivity index (χ4n) is 2.68. The van der Waals surface area contributed by atoms with E-state index in [0.29, 0.717) is 27.8 Å². The Hall–Kier alpha value is -3.38. The molecule has 3 aromatic rings. The van der Waals surface area contributed by atoms with Crippen LogP contribution in [0.1, 0.15) is 15.9 Å². The van der Waals surface area contributed by atoms with Crippen molar-refractivity contribution in [3.8, 4) is 5.75 Å². The molecule has 0 aliphatic carbocycles. The maximum atomic E-state index is 12.4. The number of anilines is 3. The fraction of sp³-hybridized carbons (Fsp3) is 0.0909. The van der Waals surface area contributed by atoms with E-state index in [-0.39, 0.29) is 5.91 Å². The Labute approximate surface area is 169 Å². The largest absolute Gasteiger partial charge is 0.494 e. The van der Waals surface area contributed by atoms with Gasteiger partial charge in [0.2, 0.25) is 0 Å². The van der Waals surface area contributed by atoms with Crippen LogP contribution < -0.4 is 20.7 Å². The summed E-state index contributed by atoms with van der Waals surface area (Å²) < 4.78 is 5.48. The van der Waals surface area contributed by atoms with Crippen LogP contribution in [0.25, 0.3) is 0 Å². The van der Waals surface area contributed by atoms with Crippen LogP contribution in [0.15, 0.2) is 72.8 Å². The van der Waals surface area contributed by atoms with Crippen molar-refractivity contribution in [1.82, 2.24) is 0 Å². The molecule has 6 heteroatoms. The Morgan fingerprint density at radius 3 is 2.14 bits per heavy atom. The van der Waals surface area contributed by atoms with Gasteiger partial charge in [-0.15, -0.1) is 0 Å². The summed E-state index contributed by atoms with van der Waals surface area (Å²) in [5.74, 6) is 0.402. The third kappa shape index (κ3) is 4.86. The van der Waals surface area contributed by atoms with E-state index >= 15 is 0 Å². The van der Waals surface area contributed by atoms with Gasteiger partial charge in [-0.3, -0.25) is 4.79 Å². The SMILES string of the molecule is COc1cc(NC(=O)c2ccccc2)c(C)cc1NC(=S)Nc1ccccc1. The summed E-state index contributed by atoms with van der Waals surface area (Å²) in [4.78, 5) is 12.4. The number of aryl methyl sites for hydroxylation is 1. The topological polar surface area (TPSA) is 62.4 Å². The Morgan fingerprint density at radius 2 is 1.50 bits per heavy atom.